The highest BCUT2D eigenvalue weighted by atomic mass is 19.1. The van der Waals surface area contributed by atoms with E-state index in [-0.39, 0.29) is 18.7 Å². The Bertz CT molecular complexity index is 813. The maximum Gasteiger partial charge on any atom is 0.261 e. The van der Waals surface area contributed by atoms with Crippen molar-refractivity contribution in [2.75, 3.05) is 11.9 Å². The molecule has 0 aromatic heterocycles. The number of fused-ring (bicyclic) bond motifs is 1. The number of nitrogens with zero attached hydrogens (tertiary/aromatic N) is 1. The first-order chi connectivity index (χ1) is 11.5. The number of carbonyl (C=O) groups excluding carboxylic acids is 3. The lowest BCUT2D eigenvalue weighted by Crippen LogP contribution is -2.32. The standard InChI is InChI=1S/C18H15FN2O3/c1-11-6-7-15(14(19)10-11)20-16(22)8-9-21-17(23)12-4-2-3-5-13(12)18(21)24/h2-7,10H,8-9H2,1H3,(H,20,22). The Morgan fingerprint density at radius 2 is 1.71 bits per heavy atom. The van der Waals surface area contributed by atoms with Gasteiger partial charge in [0.25, 0.3) is 11.8 Å². The van der Waals surface area contributed by atoms with Crippen LogP contribution in [0.5, 0.6) is 0 Å². The highest BCUT2D eigenvalue weighted by Gasteiger charge is 2.34. The van der Waals surface area contributed by atoms with Gasteiger partial charge >= 0.3 is 0 Å². The predicted octanol–water partition coefficient (Wildman–Crippen LogP) is 2.76. The fraction of sp³-hybridized carbons (Fsp3) is 0.167. The van der Waals surface area contributed by atoms with E-state index in [0.29, 0.717) is 11.1 Å². The van der Waals surface area contributed by atoms with Gasteiger partial charge in [-0.2, -0.15) is 0 Å². The molecule has 1 N–H and O–H groups in total. The molecule has 0 saturated heterocycles. The quantitative estimate of drug-likeness (QED) is 0.879. The number of hydrogen-bond acceptors (Lipinski definition) is 3. The van der Waals surface area contributed by atoms with Crippen LogP contribution in [0.2, 0.25) is 0 Å². The summed E-state index contributed by atoms with van der Waals surface area (Å²) in [6.07, 6.45) is -0.0984. The first-order valence-corrected chi connectivity index (χ1v) is 7.48. The lowest BCUT2D eigenvalue weighted by Gasteiger charge is -2.13. The van der Waals surface area contributed by atoms with E-state index in [9.17, 15) is 18.8 Å². The molecule has 1 heterocycles. The second-order valence-corrected chi connectivity index (χ2v) is 5.59. The van der Waals surface area contributed by atoms with Crippen molar-refractivity contribution >= 4 is 23.4 Å². The summed E-state index contributed by atoms with van der Waals surface area (Å²) in [5, 5.41) is 2.45. The lowest BCUT2D eigenvalue weighted by molar-refractivity contribution is -0.116. The van der Waals surface area contributed by atoms with Gasteiger partial charge < -0.3 is 5.32 Å². The third-order valence-corrected chi connectivity index (χ3v) is 3.84. The van der Waals surface area contributed by atoms with Crippen molar-refractivity contribution in [3.8, 4) is 0 Å². The van der Waals surface area contributed by atoms with E-state index in [1.807, 2.05) is 0 Å². The second-order valence-electron chi connectivity index (χ2n) is 5.59. The van der Waals surface area contributed by atoms with Gasteiger partial charge in [-0.1, -0.05) is 18.2 Å². The van der Waals surface area contributed by atoms with Gasteiger partial charge in [0, 0.05) is 13.0 Å². The van der Waals surface area contributed by atoms with Gasteiger partial charge in [-0.25, -0.2) is 4.39 Å². The molecule has 5 nitrogen and oxygen atoms in total. The number of imide groups is 1. The predicted molar refractivity (Wildman–Crippen MR) is 86.2 cm³/mol. The SMILES string of the molecule is Cc1ccc(NC(=O)CCN2C(=O)c3ccccc3C2=O)c(F)c1. The molecule has 0 spiro atoms. The molecular formula is C18H15FN2O3. The van der Waals surface area contributed by atoms with E-state index in [1.54, 1.807) is 37.3 Å². The van der Waals surface area contributed by atoms with Crippen LogP contribution < -0.4 is 5.32 Å². The maximum atomic E-state index is 13.7. The van der Waals surface area contributed by atoms with Crippen LogP contribution in [0.3, 0.4) is 0 Å². The van der Waals surface area contributed by atoms with E-state index in [4.69, 9.17) is 0 Å². The van der Waals surface area contributed by atoms with E-state index < -0.39 is 23.5 Å². The van der Waals surface area contributed by atoms with E-state index in [1.165, 1.54) is 12.1 Å². The summed E-state index contributed by atoms with van der Waals surface area (Å²) in [6, 6.07) is 11.0. The molecule has 1 aliphatic heterocycles. The van der Waals surface area contributed by atoms with Crippen LogP contribution in [0.15, 0.2) is 42.5 Å². The lowest BCUT2D eigenvalue weighted by atomic mass is 10.1. The molecule has 0 unspecified atom stereocenters. The first kappa shape index (κ1) is 15.9. The van der Waals surface area contributed by atoms with E-state index in [0.717, 1.165) is 10.5 Å². The number of aryl methyl sites for hydroxylation is 1. The molecule has 0 bridgehead atoms. The van der Waals surface area contributed by atoms with Gasteiger partial charge in [0.05, 0.1) is 16.8 Å². The number of hydrogen-bond donors (Lipinski definition) is 1. The molecule has 3 rings (SSSR count). The zero-order chi connectivity index (χ0) is 17.3. The van der Waals surface area contributed by atoms with Crippen LogP contribution in [0.25, 0.3) is 0 Å². The zero-order valence-electron chi connectivity index (χ0n) is 13.0. The molecule has 0 radical (unpaired) electrons. The molecular weight excluding hydrogens is 311 g/mol. The summed E-state index contributed by atoms with van der Waals surface area (Å²) < 4.78 is 13.7. The van der Waals surface area contributed by atoms with Crippen molar-refractivity contribution in [2.24, 2.45) is 0 Å². The molecule has 1 aliphatic rings. The van der Waals surface area contributed by atoms with Crippen LogP contribution >= 0.6 is 0 Å². The minimum atomic E-state index is -0.524. The van der Waals surface area contributed by atoms with Crippen molar-refractivity contribution < 1.29 is 18.8 Å². The second kappa shape index (κ2) is 6.23. The summed E-state index contributed by atoms with van der Waals surface area (Å²) in [4.78, 5) is 37.4. The highest BCUT2D eigenvalue weighted by molar-refractivity contribution is 6.21. The van der Waals surface area contributed by atoms with Crippen molar-refractivity contribution in [1.82, 2.24) is 4.90 Å². The summed E-state index contributed by atoms with van der Waals surface area (Å²) in [5.41, 5.74) is 1.50. The minimum Gasteiger partial charge on any atom is -0.324 e. The minimum absolute atomic E-state index is 0.0499. The third kappa shape index (κ3) is 2.90. The molecule has 3 amide bonds. The average Bonchev–Trinajstić information content (AvgIpc) is 2.80. The van der Waals surface area contributed by atoms with Crippen molar-refractivity contribution in [2.45, 2.75) is 13.3 Å². The van der Waals surface area contributed by atoms with Crippen LogP contribution in [0, 0.1) is 12.7 Å². The van der Waals surface area contributed by atoms with Crippen molar-refractivity contribution in [3.63, 3.8) is 0 Å². The Morgan fingerprint density at radius 1 is 1.08 bits per heavy atom. The Kier molecular flexibility index (Phi) is 4.12. The summed E-state index contributed by atoms with van der Waals surface area (Å²) in [6.45, 7) is 1.70. The number of benzene rings is 2. The summed E-state index contributed by atoms with van der Waals surface area (Å²) >= 11 is 0. The fourth-order valence-electron chi connectivity index (χ4n) is 2.59. The number of amides is 3. The highest BCUT2D eigenvalue weighted by Crippen LogP contribution is 2.22. The van der Waals surface area contributed by atoms with Crippen LogP contribution in [-0.4, -0.2) is 29.2 Å². The maximum absolute atomic E-state index is 13.7. The Hall–Kier alpha value is -3.02. The monoisotopic (exact) mass is 326 g/mol. The molecule has 122 valence electrons. The zero-order valence-corrected chi connectivity index (χ0v) is 13.0. The van der Waals surface area contributed by atoms with Crippen LogP contribution in [-0.2, 0) is 4.79 Å². The Balaban J connectivity index is 1.63. The topological polar surface area (TPSA) is 66.5 Å². The summed E-state index contributed by atoms with van der Waals surface area (Å²) in [5.74, 6) is -1.81. The van der Waals surface area contributed by atoms with E-state index in [2.05, 4.69) is 5.32 Å². The van der Waals surface area contributed by atoms with Gasteiger partial charge in [-0.15, -0.1) is 0 Å². The fourth-order valence-corrected chi connectivity index (χ4v) is 2.59. The van der Waals surface area contributed by atoms with Gasteiger partial charge in [0.2, 0.25) is 5.91 Å². The van der Waals surface area contributed by atoms with Gasteiger partial charge in [0.1, 0.15) is 5.82 Å². The molecule has 2 aromatic carbocycles. The average molecular weight is 326 g/mol. The molecule has 0 saturated carbocycles. The molecule has 0 aliphatic carbocycles. The molecule has 0 atom stereocenters. The number of carbonyl (C=O) groups is 3. The largest absolute Gasteiger partial charge is 0.324 e. The third-order valence-electron chi connectivity index (χ3n) is 3.84. The number of nitrogens with one attached hydrogen (secondary N) is 1. The van der Waals surface area contributed by atoms with Crippen LogP contribution in [0.4, 0.5) is 10.1 Å². The number of rotatable bonds is 4. The van der Waals surface area contributed by atoms with Crippen LogP contribution in [0.1, 0.15) is 32.7 Å². The number of anilines is 1. The summed E-state index contributed by atoms with van der Waals surface area (Å²) in [7, 11) is 0. The van der Waals surface area contributed by atoms with Gasteiger partial charge in [-0.05, 0) is 36.8 Å². The van der Waals surface area contributed by atoms with E-state index >= 15 is 0 Å². The molecule has 24 heavy (non-hydrogen) atoms. The Morgan fingerprint density at radius 3 is 2.29 bits per heavy atom. The normalized spacial score (nSPS) is 13.2. The molecule has 0 fully saturated rings. The molecule has 2 aromatic rings. The van der Waals surface area contributed by atoms with Crippen molar-refractivity contribution in [3.05, 3.63) is 65.0 Å². The first-order valence-electron chi connectivity index (χ1n) is 7.48. The Labute approximate surface area is 138 Å². The van der Waals surface area contributed by atoms with Gasteiger partial charge in [-0.3, -0.25) is 19.3 Å². The smallest absolute Gasteiger partial charge is 0.261 e. The van der Waals surface area contributed by atoms with Crippen molar-refractivity contribution in [1.29, 1.82) is 0 Å². The number of halogens is 1. The van der Waals surface area contributed by atoms with Gasteiger partial charge in [0.15, 0.2) is 0 Å². The molecule has 6 heteroatoms.